The molecule has 4 atom stereocenters. The molecular weight excluding hydrogens is 116 g/mol. The van der Waals surface area contributed by atoms with Gasteiger partial charge in [0.05, 0.1) is 0 Å². The van der Waals surface area contributed by atoms with Gasteiger partial charge in [0.25, 0.3) is 0 Å². The lowest BCUT2D eigenvalue weighted by molar-refractivity contribution is 0.261. The zero-order chi connectivity index (χ0) is 5.14. The fraction of sp³-hybridized carbons (Fsp3) is 1.00. The van der Waals surface area contributed by atoms with Crippen molar-refractivity contribution in [2.75, 3.05) is 0 Å². The largest absolute Gasteiger partial charge is 0.155 e. The van der Waals surface area contributed by atoms with Crippen molar-refractivity contribution in [3.05, 3.63) is 0 Å². The van der Waals surface area contributed by atoms with Crippen LogP contribution in [0.2, 0.25) is 0 Å². The molecule has 4 aliphatic rings. The molecule has 8 heavy (non-hydrogen) atoms. The molecule has 0 aromatic carbocycles. The second-order valence-electron chi connectivity index (χ2n) is 3.35. The first-order valence-corrected chi connectivity index (χ1v) is 4.55. The van der Waals surface area contributed by atoms with Gasteiger partial charge in [0.15, 0.2) is 0 Å². The quantitative estimate of drug-likeness (QED) is 0.477. The van der Waals surface area contributed by atoms with Crippen LogP contribution < -0.4 is 0 Å². The van der Waals surface area contributed by atoms with Crippen LogP contribution in [0, 0.1) is 11.8 Å². The van der Waals surface area contributed by atoms with Gasteiger partial charge in [0.1, 0.15) is 0 Å². The van der Waals surface area contributed by atoms with Crippen molar-refractivity contribution in [1.29, 1.82) is 0 Å². The van der Waals surface area contributed by atoms with E-state index < -0.39 is 0 Å². The van der Waals surface area contributed by atoms with E-state index in [1.807, 2.05) is 0 Å². The van der Waals surface area contributed by atoms with Gasteiger partial charge in [-0.2, -0.15) is 11.8 Å². The number of hydrogen-bond acceptors (Lipinski definition) is 1. The summed E-state index contributed by atoms with van der Waals surface area (Å²) in [4.78, 5) is 0. The Bertz CT molecular complexity index is 122. The highest BCUT2D eigenvalue weighted by molar-refractivity contribution is 8.01. The van der Waals surface area contributed by atoms with E-state index in [1.54, 1.807) is 19.3 Å². The first kappa shape index (κ1) is 4.21. The Hall–Kier alpha value is 0.350. The summed E-state index contributed by atoms with van der Waals surface area (Å²) in [6.45, 7) is 0. The van der Waals surface area contributed by atoms with Crippen LogP contribution in [0.25, 0.3) is 0 Å². The molecule has 1 heteroatoms. The Kier molecular flexibility index (Phi) is 0.584. The molecular formula is C7H10S. The van der Waals surface area contributed by atoms with Crippen molar-refractivity contribution in [3.63, 3.8) is 0 Å². The minimum absolute atomic E-state index is 1.13. The lowest BCUT2D eigenvalue weighted by Gasteiger charge is -2.31. The highest BCUT2D eigenvalue weighted by Crippen LogP contribution is 2.64. The van der Waals surface area contributed by atoms with Gasteiger partial charge in [-0.25, -0.2) is 0 Å². The topological polar surface area (TPSA) is 0 Å². The van der Waals surface area contributed by atoms with Crippen molar-refractivity contribution in [1.82, 2.24) is 0 Å². The van der Waals surface area contributed by atoms with Crippen molar-refractivity contribution in [2.45, 2.75) is 29.8 Å². The second kappa shape index (κ2) is 1.11. The first-order valence-electron chi connectivity index (χ1n) is 3.60. The van der Waals surface area contributed by atoms with Crippen LogP contribution in [-0.2, 0) is 0 Å². The Morgan fingerprint density at radius 2 is 2.00 bits per heavy atom. The van der Waals surface area contributed by atoms with Gasteiger partial charge in [-0.05, 0) is 31.1 Å². The molecule has 2 aliphatic heterocycles. The number of thioether (sulfide) groups is 1. The molecule has 2 saturated carbocycles. The number of hydrogen-bond donors (Lipinski definition) is 0. The first-order chi connectivity index (χ1) is 3.95. The van der Waals surface area contributed by atoms with Crippen molar-refractivity contribution < 1.29 is 0 Å². The molecule has 0 N–H and O–H groups in total. The molecule has 0 aromatic heterocycles. The molecule has 0 radical (unpaired) electrons. The molecule has 0 nitrogen and oxygen atoms in total. The van der Waals surface area contributed by atoms with Crippen molar-refractivity contribution in [3.8, 4) is 0 Å². The molecule has 0 spiro atoms. The van der Waals surface area contributed by atoms with Gasteiger partial charge in [0, 0.05) is 10.5 Å². The maximum absolute atomic E-state index is 2.29. The zero-order valence-corrected chi connectivity index (χ0v) is 5.66. The molecule has 44 valence electrons. The Labute approximate surface area is 54.0 Å². The van der Waals surface area contributed by atoms with E-state index in [2.05, 4.69) is 11.8 Å². The fourth-order valence-corrected chi connectivity index (χ4v) is 4.75. The highest BCUT2D eigenvalue weighted by Gasteiger charge is 2.57. The van der Waals surface area contributed by atoms with Crippen LogP contribution in [-0.4, -0.2) is 10.5 Å². The second-order valence-corrected chi connectivity index (χ2v) is 4.84. The SMILES string of the molecule is C1CC2C3C[C@@H]2C1S3. The Morgan fingerprint density at radius 1 is 1.00 bits per heavy atom. The molecule has 4 fully saturated rings. The Morgan fingerprint density at radius 3 is 2.38 bits per heavy atom. The standard InChI is InChI=1S/C7H10S/c1-2-6-5-3-7(8-6)4(1)5/h4-7H,1-3H2/t4?,5-,6?,7?/m0/s1. The lowest BCUT2D eigenvalue weighted by Crippen LogP contribution is -2.29. The molecule has 0 aromatic rings. The minimum atomic E-state index is 1.13. The Balaban J connectivity index is 2.06. The van der Waals surface area contributed by atoms with Crippen molar-refractivity contribution >= 4 is 11.8 Å². The van der Waals surface area contributed by atoms with Gasteiger partial charge in [-0.1, -0.05) is 0 Å². The molecule has 2 saturated heterocycles. The van der Waals surface area contributed by atoms with Crippen LogP contribution >= 0.6 is 11.8 Å². The summed E-state index contributed by atoms with van der Waals surface area (Å²) in [5, 5.41) is 2.27. The predicted molar refractivity (Wildman–Crippen MR) is 36.0 cm³/mol. The lowest BCUT2D eigenvalue weighted by atomic mass is 9.76. The molecule has 0 amide bonds. The van der Waals surface area contributed by atoms with E-state index in [9.17, 15) is 0 Å². The van der Waals surface area contributed by atoms with Crippen LogP contribution in [0.4, 0.5) is 0 Å². The average molecular weight is 126 g/mol. The van der Waals surface area contributed by atoms with Crippen LogP contribution in [0.3, 0.4) is 0 Å². The zero-order valence-electron chi connectivity index (χ0n) is 4.84. The van der Waals surface area contributed by atoms with Gasteiger partial charge >= 0.3 is 0 Å². The summed E-state index contributed by atoms with van der Waals surface area (Å²) in [5.74, 6) is 2.40. The molecule has 2 aliphatic carbocycles. The third kappa shape index (κ3) is 0.283. The maximum Gasteiger partial charge on any atom is 0.00844 e. The monoisotopic (exact) mass is 126 g/mol. The van der Waals surface area contributed by atoms with E-state index in [0.717, 1.165) is 10.5 Å². The molecule has 4 rings (SSSR count). The minimum Gasteiger partial charge on any atom is -0.155 e. The summed E-state index contributed by atoms with van der Waals surface area (Å²) < 4.78 is 0. The third-order valence-corrected chi connectivity index (χ3v) is 4.97. The van der Waals surface area contributed by atoms with Crippen LogP contribution in [0.5, 0.6) is 0 Å². The van der Waals surface area contributed by atoms with E-state index in [4.69, 9.17) is 0 Å². The smallest absolute Gasteiger partial charge is 0.00844 e. The van der Waals surface area contributed by atoms with Gasteiger partial charge in [0.2, 0.25) is 0 Å². The van der Waals surface area contributed by atoms with E-state index in [0.29, 0.717) is 0 Å². The van der Waals surface area contributed by atoms with Crippen LogP contribution in [0.15, 0.2) is 0 Å². The fourth-order valence-electron chi connectivity index (χ4n) is 2.65. The van der Waals surface area contributed by atoms with Gasteiger partial charge in [-0.3, -0.25) is 0 Å². The van der Waals surface area contributed by atoms with Crippen molar-refractivity contribution in [2.24, 2.45) is 11.8 Å². The summed E-state index contributed by atoms with van der Waals surface area (Å²) in [5.41, 5.74) is 0. The summed E-state index contributed by atoms with van der Waals surface area (Å²) >= 11 is 2.29. The van der Waals surface area contributed by atoms with Gasteiger partial charge in [-0.15, -0.1) is 0 Å². The predicted octanol–water partition coefficient (Wildman–Crippen LogP) is 1.90. The van der Waals surface area contributed by atoms with Gasteiger partial charge < -0.3 is 0 Å². The summed E-state index contributed by atoms with van der Waals surface area (Å²) in [6.07, 6.45) is 4.71. The number of rotatable bonds is 0. The maximum atomic E-state index is 2.29. The highest BCUT2D eigenvalue weighted by atomic mass is 32.2. The van der Waals surface area contributed by atoms with Crippen LogP contribution in [0.1, 0.15) is 19.3 Å². The van der Waals surface area contributed by atoms with E-state index in [1.165, 1.54) is 11.8 Å². The summed E-state index contributed by atoms with van der Waals surface area (Å²) in [6, 6.07) is 0. The third-order valence-electron chi connectivity index (χ3n) is 3.14. The molecule has 2 heterocycles. The average Bonchev–Trinajstić information content (AvgIpc) is 2.25. The van der Waals surface area contributed by atoms with E-state index in [-0.39, 0.29) is 0 Å². The van der Waals surface area contributed by atoms with E-state index >= 15 is 0 Å². The normalized spacial score (nSPS) is 66.0. The molecule has 4 bridgehead atoms. The molecule has 3 unspecified atom stereocenters. The summed E-state index contributed by atoms with van der Waals surface area (Å²) in [7, 11) is 0.